The Labute approximate surface area is 149 Å². The van der Waals surface area contributed by atoms with Gasteiger partial charge in [-0.2, -0.15) is 10.2 Å². The van der Waals surface area contributed by atoms with Gasteiger partial charge >= 0.3 is 0 Å². The molecule has 0 fully saturated rings. The number of hydrazone groups is 2. The number of aryl methyl sites for hydroxylation is 1. The molecule has 3 N–H and O–H groups in total. The number of nitrogens with two attached hydrogens (primary N) is 1. The highest BCUT2D eigenvalue weighted by Crippen LogP contribution is 2.25. The van der Waals surface area contributed by atoms with Crippen LogP contribution in [0.5, 0.6) is 0 Å². The lowest BCUT2D eigenvalue weighted by Crippen LogP contribution is -2.41. The van der Waals surface area contributed by atoms with Crippen LogP contribution in [0.25, 0.3) is 10.2 Å². The van der Waals surface area contributed by atoms with E-state index in [4.69, 9.17) is 5.73 Å². The first-order chi connectivity index (χ1) is 12.1. The van der Waals surface area contributed by atoms with E-state index in [9.17, 15) is 0 Å². The van der Waals surface area contributed by atoms with Crippen molar-refractivity contribution in [2.45, 2.75) is 20.0 Å². The standard InChI is InChI=1S/C18H18N6S/c1-11-17(18(19)24(23-11)14-6-4-3-5-7-14)22-21-13-8-9-16-15(10-13)20-12(2)25-16/h3-10,18,21H,19H2,1-2H3. The van der Waals surface area contributed by atoms with Crippen molar-refractivity contribution in [3.63, 3.8) is 0 Å². The molecule has 2 heterocycles. The molecule has 0 saturated heterocycles. The van der Waals surface area contributed by atoms with Crippen molar-refractivity contribution in [2.24, 2.45) is 15.9 Å². The lowest BCUT2D eigenvalue weighted by atomic mass is 10.2. The molecule has 1 aliphatic rings. The number of nitrogens with zero attached hydrogens (tertiary/aromatic N) is 4. The van der Waals surface area contributed by atoms with E-state index < -0.39 is 6.17 Å². The van der Waals surface area contributed by atoms with Crippen molar-refractivity contribution >= 4 is 44.4 Å². The first-order valence-corrected chi connectivity index (χ1v) is 8.80. The highest BCUT2D eigenvalue weighted by Gasteiger charge is 2.29. The minimum Gasteiger partial charge on any atom is -0.304 e. The summed E-state index contributed by atoms with van der Waals surface area (Å²) in [5.74, 6) is 0. The number of aromatic nitrogens is 1. The van der Waals surface area contributed by atoms with E-state index in [0.717, 1.165) is 33.3 Å². The summed E-state index contributed by atoms with van der Waals surface area (Å²) in [6.45, 7) is 3.92. The minimum absolute atomic E-state index is 0.417. The average molecular weight is 350 g/mol. The first kappa shape index (κ1) is 15.7. The highest BCUT2D eigenvalue weighted by atomic mass is 32.1. The predicted octanol–water partition coefficient (Wildman–Crippen LogP) is 3.55. The van der Waals surface area contributed by atoms with Crippen molar-refractivity contribution in [1.82, 2.24) is 4.98 Å². The van der Waals surface area contributed by atoms with Gasteiger partial charge in [0.2, 0.25) is 0 Å². The molecular formula is C18H18N6S. The molecule has 6 nitrogen and oxygen atoms in total. The van der Waals surface area contributed by atoms with Gasteiger partial charge in [-0.3, -0.25) is 5.43 Å². The van der Waals surface area contributed by atoms with Crippen molar-refractivity contribution in [3.05, 3.63) is 53.5 Å². The van der Waals surface area contributed by atoms with Crippen LogP contribution in [-0.4, -0.2) is 22.6 Å². The zero-order valence-corrected chi connectivity index (χ0v) is 14.8. The van der Waals surface area contributed by atoms with Crippen LogP contribution in [0.2, 0.25) is 0 Å². The molecule has 126 valence electrons. The van der Waals surface area contributed by atoms with Gasteiger partial charge in [0, 0.05) is 0 Å². The lowest BCUT2D eigenvalue weighted by Gasteiger charge is -2.19. The summed E-state index contributed by atoms with van der Waals surface area (Å²) in [7, 11) is 0. The number of thiazole rings is 1. The zero-order chi connectivity index (χ0) is 17.4. The molecule has 0 spiro atoms. The van der Waals surface area contributed by atoms with Gasteiger partial charge in [-0.05, 0) is 44.2 Å². The monoisotopic (exact) mass is 350 g/mol. The van der Waals surface area contributed by atoms with Crippen molar-refractivity contribution in [3.8, 4) is 0 Å². The second kappa shape index (κ2) is 6.27. The summed E-state index contributed by atoms with van der Waals surface area (Å²) in [6.07, 6.45) is -0.417. The maximum Gasteiger partial charge on any atom is 0.146 e. The van der Waals surface area contributed by atoms with Crippen LogP contribution in [0.1, 0.15) is 11.9 Å². The van der Waals surface area contributed by atoms with Crippen LogP contribution in [0, 0.1) is 6.92 Å². The SMILES string of the molecule is CC1=NN(c2ccccc2)C(N)C1=NNc1ccc2sc(C)nc2c1. The van der Waals surface area contributed by atoms with Gasteiger partial charge in [0.05, 0.1) is 32.3 Å². The molecule has 0 aliphatic carbocycles. The second-order valence-electron chi connectivity index (χ2n) is 5.83. The van der Waals surface area contributed by atoms with Crippen LogP contribution in [0.15, 0.2) is 58.7 Å². The molecule has 2 aromatic carbocycles. The summed E-state index contributed by atoms with van der Waals surface area (Å²) in [5.41, 5.74) is 13.7. The lowest BCUT2D eigenvalue weighted by molar-refractivity contribution is 0.801. The Morgan fingerprint density at radius 2 is 1.96 bits per heavy atom. The Morgan fingerprint density at radius 1 is 1.16 bits per heavy atom. The Morgan fingerprint density at radius 3 is 2.76 bits per heavy atom. The number of hydrogen-bond acceptors (Lipinski definition) is 7. The molecule has 0 saturated carbocycles. The average Bonchev–Trinajstić information content (AvgIpc) is 3.12. The van der Waals surface area contributed by atoms with Crippen LogP contribution in [-0.2, 0) is 0 Å². The molecule has 1 aromatic heterocycles. The first-order valence-electron chi connectivity index (χ1n) is 7.98. The fraction of sp³-hybridized carbons (Fsp3) is 0.167. The number of anilines is 2. The Balaban J connectivity index is 1.57. The Bertz CT molecular complexity index is 976. The molecule has 0 radical (unpaired) electrons. The van der Waals surface area contributed by atoms with Gasteiger partial charge in [0.15, 0.2) is 0 Å². The number of para-hydroxylation sites is 1. The molecular weight excluding hydrogens is 332 g/mol. The van der Waals surface area contributed by atoms with E-state index in [2.05, 4.69) is 20.6 Å². The molecule has 25 heavy (non-hydrogen) atoms. The summed E-state index contributed by atoms with van der Waals surface area (Å²) >= 11 is 1.68. The molecule has 1 atom stereocenters. The topological polar surface area (TPSA) is 78.9 Å². The second-order valence-corrected chi connectivity index (χ2v) is 7.07. The van der Waals surface area contributed by atoms with E-state index >= 15 is 0 Å². The van der Waals surface area contributed by atoms with Crippen LogP contribution >= 0.6 is 11.3 Å². The minimum atomic E-state index is -0.417. The van der Waals surface area contributed by atoms with Gasteiger partial charge in [-0.1, -0.05) is 18.2 Å². The number of benzene rings is 2. The molecule has 7 heteroatoms. The van der Waals surface area contributed by atoms with E-state index in [1.807, 2.05) is 62.4 Å². The Kier molecular flexibility index (Phi) is 3.95. The molecule has 1 unspecified atom stereocenters. The van der Waals surface area contributed by atoms with Crippen molar-refractivity contribution in [2.75, 3.05) is 10.4 Å². The number of rotatable bonds is 3. The third-order valence-electron chi connectivity index (χ3n) is 3.99. The van der Waals surface area contributed by atoms with Crippen molar-refractivity contribution < 1.29 is 0 Å². The van der Waals surface area contributed by atoms with Gasteiger partial charge in [-0.25, -0.2) is 9.99 Å². The third-order valence-corrected chi connectivity index (χ3v) is 4.94. The molecule has 0 amide bonds. The maximum absolute atomic E-state index is 6.33. The summed E-state index contributed by atoms with van der Waals surface area (Å²) < 4.78 is 1.17. The number of fused-ring (bicyclic) bond motifs is 1. The maximum atomic E-state index is 6.33. The fourth-order valence-electron chi connectivity index (χ4n) is 2.79. The highest BCUT2D eigenvalue weighted by molar-refractivity contribution is 7.18. The van der Waals surface area contributed by atoms with E-state index in [-0.39, 0.29) is 0 Å². The van der Waals surface area contributed by atoms with Gasteiger partial charge in [-0.15, -0.1) is 11.3 Å². The third kappa shape index (κ3) is 2.99. The van der Waals surface area contributed by atoms with E-state index in [0.29, 0.717) is 0 Å². The van der Waals surface area contributed by atoms with Gasteiger partial charge in [0.25, 0.3) is 0 Å². The zero-order valence-electron chi connectivity index (χ0n) is 14.0. The van der Waals surface area contributed by atoms with Gasteiger partial charge in [0.1, 0.15) is 11.9 Å². The van der Waals surface area contributed by atoms with Crippen LogP contribution < -0.4 is 16.2 Å². The normalized spacial score (nSPS) is 18.8. The van der Waals surface area contributed by atoms with Gasteiger partial charge < -0.3 is 5.73 Å². The smallest absolute Gasteiger partial charge is 0.146 e. The molecule has 3 aromatic rings. The Hall–Kier alpha value is -2.77. The number of nitrogens with one attached hydrogen (secondary N) is 1. The predicted molar refractivity (Wildman–Crippen MR) is 105 cm³/mol. The quantitative estimate of drug-likeness (QED) is 0.708. The van der Waals surface area contributed by atoms with Crippen molar-refractivity contribution in [1.29, 1.82) is 0 Å². The summed E-state index contributed by atoms with van der Waals surface area (Å²) in [5, 5.41) is 11.9. The van der Waals surface area contributed by atoms with Crippen LogP contribution in [0.4, 0.5) is 11.4 Å². The molecule has 1 aliphatic heterocycles. The fourth-order valence-corrected chi connectivity index (χ4v) is 3.60. The van der Waals surface area contributed by atoms with E-state index in [1.165, 1.54) is 4.70 Å². The summed E-state index contributed by atoms with van der Waals surface area (Å²) in [6, 6.07) is 15.9. The molecule has 0 bridgehead atoms. The molecule has 4 rings (SSSR count). The largest absolute Gasteiger partial charge is 0.304 e. The van der Waals surface area contributed by atoms with E-state index in [1.54, 1.807) is 16.3 Å². The van der Waals surface area contributed by atoms with Crippen LogP contribution in [0.3, 0.4) is 0 Å². The summed E-state index contributed by atoms with van der Waals surface area (Å²) in [4.78, 5) is 4.51. The number of hydrogen-bond donors (Lipinski definition) is 2.